The van der Waals surface area contributed by atoms with Crippen molar-refractivity contribution in [3.63, 3.8) is 0 Å². The average Bonchev–Trinajstić information content (AvgIpc) is 2.70. The number of aromatic carboxylic acids is 1. The molecule has 0 radical (unpaired) electrons. The number of hydrogen-bond donors (Lipinski definition) is 1. The number of nitrogens with zero attached hydrogens (tertiary/aromatic N) is 2. The molecule has 0 aliphatic carbocycles. The number of aromatic nitrogens is 2. The van der Waals surface area contributed by atoms with Gasteiger partial charge >= 0.3 is 12.1 Å². The Morgan fingerprint density at radius 2 is 2.05 bits per heavy atom. The minimum Gasteiger partial charge on any atom is -0.478 e. The monoisotopic (exact) mass is 382 g/mol. The first-order valence-corrected chi connectivity index (χ1v) is 6.03. The van der Waals surface area contributed by atoms with Crippen molar-refractivity contribution in [3.05, 3.63) is 45.3 Å². The number of carbonyl (C=O) groups is 1. The Bertz CT molecular complexity index is 637. The maximum absolute atomic E-state index is 12.6. The molecule has 0 bridgehead atoms. The second-order valence-corrected chi connectivity index (χ2v) is 4.64. The molecule has 8 heteroatoms. The van der Waals surface area contributed by atoms with Gasteiger partial charge in [-0.05, 0) is 40.8 Å². The Morgan fingerprint density at radius 1 is 1.37 bits per heavy atom. The van der Waals surface area contributed by atoms with Crippen LogP contribution in [0.5, 0.6) is 0 Å². The van der Waals surface area contributed by atoms with Crippen LogP contribution in [-0.4, -0.2) is 20.9 Å². The predicted molar refractivity (Wildman–Crippen MR) is 68.2 cm³/mol. The van der Waals surface area contributed by atoms with Crippen LogP contribution in [0.3, 0.4) is 0 Å². The van der Waals surface area contributed by atoms with Gasteiger partial charge in [0, 0.05) is 0 Å². The molecule has 0 fully saturated rings. The molecule has 0 saturated heterocycles. The van der Waals surface area contributed by atoms with Crippen LogP contribution in [0, 0.1) is 3.70 Å². The lowest BCUT2D eigenvalue weighted by Gasteiger charge is -2.09. The van der Waals surface area contributed by atoms with Crippen LogP contribution in [0.15, 0.2) is 30.5 Å². The quantitative estimate of drug-likeness (QED) is 0.812. The number of hydrogen-bond acceptors (Lipinski definition) is 2. The molecule has 2 aromatic rings. The zero-order chi connectivity index (χ0) is 14.2. The van der Waals surface area contributed by atoms with E-state index in [0.717, 1.165) is 23.0 Å². The lowest BCUT2D eigenvalue weighted by Crippen LogP contribution is -2.07. The highest BCUT2D eigenvalue weighted by molar-refractivity contribution is 14.1. The van der Waals surface area contributed by atoms with Crippen LogP contribution in [0.25, 0.3) is 5.69 Å². The molecule has 0 atom stereocenters. The Morgan fingerprint density at radius 3 is 2.58 bits per heavy atom. The maximum atomic E-state index is 12.6. The lowest BCUT2D eigenvalue weighted by atomic mass is 10.2. The lowest BCUT2D eigenvalue weighted by molar-refractivity contribution is -0.137. The van der Waals surface area contributed by atoms with Crippen LogP contribution in [0.1, 0.15) is 15.9 Å². The highest BCUT2D eigenvalue weighted by Crippen LogP contribution is 2.30. The summed E-state index contributed by atoms with van der Waals surface area (Å²) in [5.74, 6) is -1.18. The minimum absolute atomic E-state index is 0.0574. The molecule has 19 heavy (non-hydrogen) atoms. The van der Waals surface area contributed by atoms with Crippen molar-refractivity contribution < 1.29 is 23.1 Å². The molecule has 1 aromatic carbocycles. The van der Waals surface area contributed by atoms with Gasteiger partial charge in [-0.3, -0.25) is 0 Å². The maximum Gasteiger partial charge on any atom is 0.416 e. The minimum atomic E-state index is -4.45. The highest BCUT2D eigenvalue weighted by atomic mass is 127. The van der Waals surface area contributed by atoms with Gasteiger partial charge in [-0.15, -0.1) is 0 Å². The summed E-state index contributed by atoms with van der Waals surface area (Å²) in [5, 5.41) is 12.7. The van der Waals surface area contributed by atoms with E-state index < -0.39 is 17.7 Å². The van der Waals surface area contributed by atoms with Crippen LogP contribution in [0.4, 0.5) is 13.2 Å². The largest absolute Gasteiger partial charge is 0.478 e. The van der Waals surface area contributed by atoms with Crippen LogP contribution < -0.4 is 0 Å². The molecule has 1 aromatic heterocycles. The van der Waals surface area contributed by atoms with Gasteiger partial charge in [0.15, 0.2) is 0 Å². The number of alkyl halides is 3. The third-order valence-electron chi connectivity index (χ3n) is 2.36. The number of carboxylic acid groups (broad SMARTS) is 1. The van der Waals surface area contributed by atoms with E-state index in [1.165, 1.54) is 12.1 Å². The molecule has 1 heterocycles. The second kappa shape index (κ2) is 4.83. The fourth-order valence-corrected chi connectivity index (χ4v) is 2.24. The zero-order valence-corrected chi connectivity index (χ0v) is 11.3. The summed E-state index contributed by atoms with van der Waals surface area (Å²) in [6.07, 6.45) is -3.35. The summed E-state index contributed by atoms with van der Waals surface area (Å²) < 4.78 is 39.2. The summed E-state index contributed by atoms with van der Waals surface area (Å²) in [5.41, 5.74) is -0.710. The highest BCUT2D eigenvalue weighted by Gasteiger charge is 2.30. The molecule has 0 saturated carbocycles. The van der Waals surface area contributed by atoms with Gasteiger partial charge in [-0.1, -0.05) is 6.07 Å². The Kier molecular flexibility index (Phi) is 3.52. The smallest absolute Gasteiger partial charge is 0.416 e. The van der Waals surface area contributed by atoms with Gasteiger partial charge in [0.1, 0.15) is 9.26 Å². The van der Waals surface area contributed by atoms with E-state index in [4.69, 9.17) is 5.11 Å². The van der Waals surface area contributed by atoms with Crippen molar-refractivity contribution >= 4 is 28.6 Å². The third-order valence-corrected chi connectivity index (χ3v) is 3.40. The van der Waals surface area contributed by atoms with Gasteiger partial charge in [-0.2, -0.15) is 18.3 Å². The first kappa shape index (κ1) is 13.8. The molecular formula is C11H6F3IN2O2. The van der Waals surface area contributed by atoms with Gasteiger partial charge in [0.05, 0.1) is 17.4 Å². The van der Waals surface area contributed by atoms with Gasteiger partial charge in [-0.25, -0.2) is 9.48 Å². The Balaban J connectivity index is 2.51. The molecule has 0 amide bonds. The Labute approximate surface area is 119 Å². The number of carboxylic acids is 1. The van der Waals surface area contributed by atoms with Crippen molar-refractivity contribution in [2.75, 3.05) is 0 Å². The average molecular weight is 382 g/mol. The van der Waals surface area contributed by atoms with Gasteiger partial charge in [0.25, 0.3) is 0 Å². The molecule has 2 rings (SSSR count). The van der Waals surface area contributed by atoms with E-state index >= 15 is 0 Å². The van der Waals surface area contributed by atoms with Crippen molar-refractivity contribution in [2.45, 2.75) is 6.18 Å². The van der Waals surface area contributed by atoms with E-state index in [9.17, 15) is 18.0 Å². The van der Waals surface area contributed by atoms with Crippen molar-refractivity contribution in [1.82, 2.24) is 9.78 Å². The van der Waals surface area contributed by atoms with Crippen LogP contribution >= 0.6 is 22.6 Å². The van der Waals surface area contributed by atoms with E-state index in [1.54, 1.807) is 22.6 Å². The van der Waals surface area contributed by atoms with Crippen molar-refractivity contribution in [3.8, 4) is 5.69 Å². The molecule has 0 aliphatic rings. The van der Waals surface area contributed by atoms with Crippen molar-refractivity contribution in [1.29, 1.82) is 0 Å². The molecule has 0 unspecified atom stereocenters. The fourth-order valence-electron chi connectivity index (χ4n) is 1.47. The summed E-state index contributed by atoms with van der Waals surface area (Å²) >= 11 is 1.73. The first-order chi connectivity index (χ1) is 8.80. The molecule has 1 N–H and O–H groups in total. The predicted octanol–water partition coefficient (Wildman–Crippen LogP) is 3.19. The van der Waals surface area contributed by atoms with E-state index in [0.29, 0.717) is 0 Å². The molecule has 4 nitrogen and oxygen atoms in total. The second-order valence-electron chi connectivity index (χ2n) is 3.61. The molecular weight excluding hydrogens is 376 g/mol. The first-order valence-electron chi connectivity index (χ1n) is 4.95. The third kappa shape index (κ3) is 2.72. The van der Waals surface area contributed by atoms with E-state index in [-0.39, 0.29) is 15.0 Å². The number of halogens is 4. The SMILES string of the molecule is O=C(O)c1cnn(-c2cccc(C(F)(F)F)c2)c1I. The molecule has 0 aliphatic heterocycles. The fraction of sp³-hybridized carbons (Fsp3) is 0.0909. The van der Waals surface area contributed by atoms with E-state index in [1.807, 2.05) is 0 Å². The standard InChI is InChI=1S/C11H6F3IN2O2/c12-11(13,14)6-2-1-3-7(4-6)17-9(15)8(5-16-17)10(18)19/h1-5H,(H,18,19). The number of rotatable bonds is 2. The van der Waals surface area contributed by atoms with Crippen LogP contribution in [0.2, 0.25) is 0 Å². The van der Waals surface area contributed by atoms with Crippen LogP contribution in [-0.2, 0) is 6.18 Å². The van der Waals surface area contributed by atoms with E-state index in [2.05, 4.69) is 5.10 Å². The molecule has 100 valence electrons. The zero-order valence-electron chi connectivity index (χ0n) is 9.15. The number of benzene rings is 1. The summed E-state index contributed by atoms with van der Waals surface area (Å²) in [7, 11) is 0. The Hall–Kier alpha value is -1.58. The summed E-state index contributed by atoms with van der Waals surface area (Å²) in [6.45, 7) is 0. The normalized spacial score (nSPS) is 11.6. The van der Waals surface area contributed by atoms with Gasteiger partial charge in [0.2, 0.25) is 0 Å². The molecule has 0 spiro atoms. The van der Waals surface area contributed by atoms with Crippen molar-refractivity contribution in [2.24, 2.45) is 0 Å². The summed E-state index contributed by atoms with van der Waals surface area (Å²) in [6, 6.07) is 4.53. The van der Waals surface area contributed by atoms with Gasteiger partial charge < -0.3 is 5.11 Å². The summed E-state index contributed by atoms with van der Waals surface area (Å²) in [4.78, 5) is 10.9. The topological polar surface area (TPSA) is 55.1 Å².